The number of allylic oxidation sites excluding steroid dienone is 1. The number of aromatic hydroxyl groups is 1. The predicted octanol–water partition coefficient (Wildman–Crippen LogP) is 3.20. The molecule has 2 aromatic carbocycles. The number of hydrogen-bond donors (Lipinski definition) is 2. The number of carbonyl (C=O) groups is 1. The summed E-state index contributed by atoms with van der Waals surface area (Å²) < 4.78 is 12.0. The van der Waals surface area contributed by atoms with Crippen molar-refractivity contribution >= 4 is 5.97 Å². The Hall–Kier alpha value is -3.21. The highest BCUT2D eigenvalue weighted by atomic mass is 16.6. The largest absolute Gasteiger partial charge is 0.508 e. The molecule has 5 heteroatoms. The lowest BCUT2D eigenvalue weighted by Crippen LogP contribution is -2.48. The van der Waals surface area contributed by atoms with Crippen LogP contribution in [-0.4, -0.2) is 22.3 Å². The third-order valence-electron chi connectivity index (χ3n) is 5.06. The lowest BCUT2D eigenvalue weighted by molar-refractivity contribution is -0.0424. The van der Waals surface area contributed by atoms with Crippen molar-refractivity contribution in [3.8, 4) is 11.5 Å². The molecule has 0 bridgehead atoms. The molecule has 3 atom stereocenters. The fourth-order valence-corrected chi connectivity index (χ4v) is 4.04. The Morgan fingerprint density at radius 1 is 1.04 bits per heavy atom. The van der Waals surface area contributed by atoms with Gasteiger partial charge in [-0.3, -0.25) is 0 Å². The molecule has 1 aliphatic carbocycles. The first-order valence-corrected chi connectivity index (χ1v) is 8.01. The van der Waals surface area contributed by atoms with Crippen LogP contribution in [0.5, 0.6) is 11.5 Å². The van der Waals surface area contributed by atoms with Gasteiger partial charge >= 0.3 is 5.97 Å². The molecule has 0 amide bonds. The number of fused-ring (bicyclic) bond motifs is 6. The first kappa shape index (κ1) is 14.2. The van der Waals surface area contributed by atoms with Gasteiger partial charge < -0.3 is 19.7 Å². The zero-order valence-electron chi connectivity index (χ0n) is 13.0. The first-order chi connectivity index (χ1) is 12.1. The van der Waals surface area contributed by atoms with Crippen molar-refractivity contribution in [2.24, 2.45) is 5.92 Å². The average molecular weight is 334 g/mol. The molecule has 3 aliphatic rings. The number of rotatable bonds is 0. The fraction of sp³-hybridized carbons (Fsp3) is 0.150. The van der Waals surface area contributed by atoms with Crippen molar-refractivity contribution in [2.45, 2.75) is 11.7 Å². The number of hydrogen-bond acceptors (Lipinski definition) is 5. The molecule has 2 aliphatic heterocycles. The summed E-state index contributed by atoms with van der Waals surface area (Å²) in [5.41, 5.74) is 0.927. The summed E-state index contributed by atoms with van der Waals surface area (Å²) in [6.07, 6.45) is 4.48. The number of esters is 1. The van der Waals surface area contributed by atoms with Crippen LogP contribution in [0.3, 0.4) is 0 Å². The number of benzene rings is 2. The van der Waals surface area contributed by atoms with Crippen LogP contribution < -0.4 is 4.74 Å². The maximum Gasteiger partial charge on any atom is 0.339 e. The molecule has 2 N–H and O–H groups in total. The fourth-order valence-electron chi connectivity index (χ4n) is 4.04. The summed E-state index contributed by atoms with van der Waals surface area (Å²) >= 11 is 0. The molecule has 25 heavy (non-hydrogen) atoms. The molecule has 2 aromatic rings. The van der Waals surface area contributed by atoms with E-state index in [4.69, 9.17) is 9.47 Å². The Bertz CT molecular complexity index is 974. The van der Waals surface area contributed by atoms with E-state index >= 15 is 0 Å². The zero-order chi connectivity index (χ0) is 17.2. The second-order valence-electron chi connectivity index (χ2n) is 6.41. The van der Waals surface area contributed by atoms with Crippen molar-refractivity contribution in [2.75, 3.05) is 0 Å². The minimum atomic E-state index is -1.05. The summed E-state index contributed by atoms with van der Waals surface area (Å²) in [6, 6.07) is 12.1. The van der Waals surface area contributed by atoms with Crippen molar-refractivity contribution in [1.82, 2.24) is 0 Å². The van der Waals surface area contributed by atoms with E-state index in [1.165, 1.54) is 6.07 Å². The van der Waals surface area contributed by atoms with Crippen LogP contribution in [0.15, 0.2) is 66.5 Å². The number of carbonyl (C=O) groups excluding carboxylic acids is 1. The summed E-state index contributed by atoms with van der Waals surface area (Å²) in [6.45, 7) is 0. The van der Waals surface area contributed by atoms with Gasteiger partial charge in [-0.2, -0.15) is 0 Å². The Balaban J connectivity index is 1.84. The van der Waals surface area contributed by atoms with Crippen LogP contribution in [0.1, 0.15) is 21.5 Å². The summed E-state index contributed by atoms with van der Waals surface area (Å²) in [5, 5.41) is 19.7. The van der Waals surface area contributed by atoms with E-state index in [0.29, 0.717) is 16.9 Å². The van der Waals surface area contributed by atoms with Gasteiger partial charge in [0, 0.05) is 17.2 Å². The zero-order valence-corrected chi connectivity index (χ0v) is 13.0. The molecule has 0 aromatic heterocycles. The number of aliphatic hydroxyl groups is 1. The van der Waals surface area contributed by atoms with E-state index < -0.39 is 11.7 Å². The van der Waals surface area contributed by atoms with Gasteiger partial charge in [-0.1, -0.05) is 24.3 Å². The summed E-state index contributed by atoms with van der Waals surface area (Å²) in [4.78, 5) is 12.6. The van der Waals surface area contributed by atoms with Gasteiger partial charge in [0.1, 0.15) is 23.4 Å². The molecule has 5 nitrogen and oxygen atoms in total. The van der Waals surface area contributed by atoms with Crippen molar-refractivity contribution < 1.29 is 24.5 Å². The number of phenolic OH excluding ortho intramolecular Hbond substituents is 1. The smallest absolute Gasteiger partial charge is 0.339 e. The van der Waals surface area contributed by atoms with E-state index in [1.807, 2.05) is 18.2 Å². The van der Waals surface area contributed by atoms with Gasteiger partial charge in [0.25, 0.3) is 0 Å². The Labute approximate surface area is 143 Å². The van der Waals surface area contributed by atoms with E-state index in [-0.39, 0.29) is 23.4 Å². The average Bonchev–Trinajstić information content (AvgIpc) is 2.88. The van der Waals surface area contributed by atoms with Gasteiger partial charge in [-0.25, -0.2) is 4.79 Å². The van der Waals surface area contributed by atoms with E-state index in [9.17, 15) is 15.0 Å². The van der Waals surface area contributed by atoms with Gasteiger partial charge in [-0.15, -0.1) is 0 Å². The van der Waals surface area contributed by atoms with Gasteiger partial charge in [0.15, 0.2) is 5.60 Å². The maximum absolute atomic E-state index is 12.6. The van der Waals surface area contributed by atoms with Crippen LogP contribution in [0, 0.1) is 5.92 Å². The molecule has 1 spiro atoms. The van der Waals surface area contributed by atoms with E-state index in [0.717, 1.165) is 5.56 Å². The molecule has 2 heterocycles. The third kappa shape index (κ3) is 1.75. The highest BCUT2D eigenvalue weighted by molar-refractivity contribution is 5.96. The van der Waals surface area contributed by atoms with Crippen LogP contribution in [0.2, 0.25) is 0 Å². The Morgan fingerprint density at radius 3 is 2.76 bits per heavy atom. The minimum Gasteiger partial charge on any atom is -0.508 e. The van der Waals surface area contributed by atoms with Crippen molar-refractivity contribution in [1.29, 1.82) is 0 Å². The molecular weight excluding hydrogens is 320 g/mol. The number of phenols is 1. The van der Waals surface area contributed by atoms with E-state index in [1.54, 1.807) is 36.4 Å². The SMILES string of the molecule is O=C1O[C@]2(c3ccc(O)cc3O[C@H]3C=C(O)C=C[C@H]32)c2ccccc21. The topological polar surface area (TPSA) is 76.0 Å². The van der Waals surface area contributed by atoms with Gasteiger partial charge in [-0.05, 0) is 30.4 Å². The van der Waals surface area contributed by atoms with Gasteiger partial charge in [0.05, 0.1) is 11.5 Å². The first-order valence-electron chi connectivity index (χ1n) is 8.01. The molecule has 0 unspecified atom stereocenters. The molecule has 0 radical (unpaired) electrons. The Kier molecular flexibility index (Phi) is 2.64. The highest BCUT2D eigenvalue weighted by Crippen LogP contribution is 2.55. The van der Waals surface area contributed by atoms with Crippen LogP contribution in [0.4, 0.5) is 0 Å². The quantitative estimate of drug-likeness (QED) is 0.724. The molecule has 5 rings (SSSR count). The number of ether oxygens (including phenoxy) is 2. The van der Waals surface area contributed by atoms with Crippen LogP contribution in [0.25, 0.3) is 0 Å². The summed E-state index contributed by atoms with van der Waals surface area (Å²) in [7, 11) is 0. The monoisotopic (exact) mass is 334 g/mol. The number of aliphatic hydroxyl groups excluding tert-OH is 1. The van der Waals surface area contributed by atoms with Gasteiger partial charge in [0.2, 0.25) is 0 Å². The van der Waals surface area contributed by atoms with Crippen molar-refractivity contribution in [3.63, 3.8) is 0 Å². The van der Waals surface area contributed by atoms with Crippen LogP contribution in [-0.2, 0) is 10.3 Å². The Morgan fingerprint density at radius 2 is 1.88 bits per heavy atom. The second-order valence-corrected chi connectivity index (χ2v) is 6.41. The standard InChI is InChI=1S/C20H14O5/c21-11-5-7-15-17(9-11)24-18-10-12(22)6-8-16(18)20(15)14-4-2-1-3-13(14)19(23)25-20/h1-10,15,17,21-22H/t15-,17+,20-/m1/s1. The summed E-state index contributed by atoms with van der Waals surface area (Å²) in [5.74, 6) is -0.122. The third-order valence-corrected chi connectivity index (χ3v) is 5.06. The molecular formula is C20H14O5. The van der Waals surface area contributed by atoms with E-state index in [2.05, 4.69) is 0 Å². The molecule has 0 fully saturated rings. The predicted molar refractivity (Wildman–Crippen MR) is 88.5 cm³/mol. The molecule has 124 valence electrons. The molecule has 0 saturated carbocycles. The maximum atomic E-state index is 12.6. The lowest BCUT2D eigenvalue weighted by atomic mass is 9.70. The highest BCUT2D eigenvalue weighted by Gasteiger charge is 2.58. The normalized spacial score (nSPS) is 28.5. The molecule has 0 saturated heterocycles. The second kappa shape index (κ2) is 4.66. The van der Waals surface area contributed by atoms with Crippen molar-refractivity contribution in [3.05, 3.63) is 83.1 Å². The minimum absolute atomic E-state index is 0.0597. The lowest BCUT2D eigenvalue weighted by Gasteiger charge is -2.44. The van der Waals surface area contributed by atoms with Crippen LogP contribution >= 0.6 is 0 Å².